The van der Waals surface area contributed by atoms with Crippen molar-refractivity contribution in [3.63, 3.8) is 0 Å². The fourth-order valence-electron chi connectivity index (χ4n) is 4.71. The van der Waals surface area contributed by atoms with Crippen LogP contribution in [0.5, 0.6) is 0 Å². The number of hydrogen-bond acceptors (Lipinski definition) is 5. The number of nitrogens with zero attached hydrogens (tertiary/aromatic N) is 2. The summed E-state index contributed by atoms with van der Waals surface area (Å²) in [5, 5.41) is 0.999. The summed E-state index contributed by atoms with van der Waals surface area (Å²) in [5.74, 6) is 0.0311. The van der Waals surface area contributed by atoms with Crippen LogP contribution in [0, 0.1) is 0 Å². The molecule has 1 aliphatic heterocycles. The van der Waals surface area contributed by atoms with Crippen LogP contribution in [-0.4, -0.2) is 43.8 Å². The first-order chi connectivity index (χ1) is 15.0. The quantitative estimate of drug-likeness (QED) is 0.573. The zero-order valence-corrected chi connectivity index (χ0v) is 18.2. The molecule has 6 nitrogen and oxygen atoms in total. The van der Waals surface area contributed by atoms with Crippen molar-refractivity contribution in [2.24, 2.45) is 0 Å². The largest absolute Gasteiger partial charge is 0.423 e. The van der Waals surface area contributed by atoms with E-state index in [1.165, 1.54) is 11.1 Å². The minimum absolute atomic E-state index is 0.0311. The van der Waals surface area contributed by atoms with Crippen LogP contribution in [0.2, 0.25) is 0 Å². The summed E-state index contributed by atoms with van der Waals surface area (Å²) in [6.45, 7) is 2.82. The zero-order chi connectivity index (χ0) is 21.4. The van der Waals surface area contributed by atoms with Crippen molar-refractivity contribution in [1.82, 2.24) is 9.21 Å². The molecule has 0 spiro atoms. The Morgan fingerprint density at radius 2 is 1.61 bits per heavy atom. The van der Waals surface area contributed by atoms with E-state index in [1.54, 1.807) is 10.4 Å². The molecule has 1 aromatic heterocycles. The summed E-state index contributed by atoms with van der Waals surface area (Å²) in [6, 6.07) is 15.1. The molecule has 0 N–H and O–H groups in total. The smallest absolute Gasteiger partial charge is 0.336 e. The van der Waals surface area contributed by atoms with Gasteiger partial charge in [0, 0.05) is 44.2 Å². The first kappa shape index (κ1) is 20.4. The van der Waals surface area contributed by atoms with Gasteiger partial charge in [-0.1, -0.05) is 30.3 Å². The maximum atomic E-state index is 12.8. The van der Waals surface area contributed by atoms with Gasteiger partial charge in [-0.25, -0.2) is 13.2 Å². The third-order valence-electron chi connectivity index (χ3n) is 6.35. The van der Waals surface area contributed by atoms with Crippen LogP contribution >= 0.6 is 0 Å². The summed E-state index contributed by atoms with van der Waals surface area (Å²) < 4.78 is 32.7. The van der Waals surface area contributed by atoms with Crippen LogP contribution in [0.15, 0.2) is 57.7 Å². The number of fused-ring (bicyclic) bond motifs is 2. The third-order valence-corrected chi connectivity index (χ3v) is 8.20. The molecule has 0 amide bonds. The highest BCUT2D eigenvalue weighted by Crippen LogP contribution is 2.29. The summed E-state index contributed by atoms with van der Waals surface area (Å²) in [5.41, 5.74) is 4.72. The molecule has 1 aliphatic carbocycles. The van der Waals surface area contributed by atoms with E-state index in [2.05, 4.69) is 11.0 Å². The van der Waals surface area contributed by atoms with Crippen molar-refractivity contribution in [2.75, 3.05) is 26.2 Å². The maximum absolute atomic E-state index is 12.8. The number of piperazine rings is 1. The van der Waals surface area contributed by atoms with Crippen molar-refractivity contribution in [2.45, 2.75) is 31.6 Å². The topological polar surface area (TPSA) is 70.8 Å². The second-order valence-corrected chi connectivity index (χ2v) is 10.4. The molecular formula is C24H26N2O4S. The molecule has 162 valence electrons. The number of rotatable bonds is 5. The number of aryl methyl sites for hydroxylation is 2. The van der Waals surface area contributed by atoms with Gasteiger partial charge >= 0.3 is 5.63 Å². The van der Waals surface area contributed by atoms with Gasteiger partial charge in [0.25, 0.3) is 0 Å². The highest BCUT2D eigenvalue weighted by molar-refractivity contribution is 7.88. The lowest BCUT2D eigenvalue weighted by Gasteiger charge is -2.34. The zero-order valence-electron chi connectivity index (χ0n) is 17.4. The first-order valence-corrected chi connectivity index (χ1v) is 12.4. The molecule has 1 saturated heterocycles. The van der Waals surface area contributed by atoms with Crippen LogP contribution in [0.3, 0.4) is 0 Å². The molecule has 0 radical (unpaired) electrons. The van der Waals surface area contributed by atoms with Gasteiger partial charge in [0.05, 0.1) is 5.75 Å². The lowest BCUT2D eigenvalue weighted by atomic mass is 10.0. The molecule has 0 atom stereocenters. The molecular weight excluding hydrogens is 412 g/mol. The molecule has 0 unspecified atom stereocenters. The molecule has 5 rings (SSSR count). The Hall–Kier alpha value is -2.48. The van der Waals surface area contributed by atoms with Gasteiger partial charge in [0.15, 0.2) is 0 Å². The normalized spacial score (nSPS) is 17.8. The predicted molar refractivity (Wildman–Crippen MR) is 120 cm³/mol. The van der Waals surface area contributed by atoms with Gasteiger partial charge in [0.2, 0.25) is 10.0 Å². The maximum Gasteiger partial charge on any atom is 0.336 e. The van der Waals surface area contributed by atoms with E-state index in [1.807, 2.05) is 36.4 Å². The van der Waals surface area contributed by atoms with E-state index in [-0.39, 0.29) is 11.4 Å². The Morgan fingerprint density at radius 3 is 2.35 bits per heavy atom. The number of benzene rings is 2. The molecule has 0 bridgehead atoms. The Balaban J connectivity index is 1.30. The van der Waals surface area contributed by atoms with Crippen LogP contribution in [-0.2, 0) is 35.2 Å². The summed E-state index contributed by atoms with van der Waals surface area (Å²) in [7, 11) is -3.34. The Bertz CT molecular complexity index is 1260. The van der Waals surface area contributed by atoms with Crippen molar-refractivity contribution < 1.29 is 12.8 Å². The molecule has 7 heteroatoms. The summed E-state index contributed by atoms with van der Waals surface area (Å²) in [6.07, 6.45) is 3.26. The highest BCUT2D eigenvalue weighted by Gasteiger charge is 2.27. The molecule has 3 aromatic rings. The number of sulfonamides is 1. The molecule has 2 heterocycles. The van der Waals surface area contributed by atoms with E-state index in [4.69, 9.17) is 4.42 Å². The van der Waals surface area contributed by atoms with Gasteiger partial charge in [-0.15, -0.1) is 0 Å². The molecule has 1 fully saturated rings. The van der Waals surface area contributed by atoms with E-state index in [0.29, 0.717) is 38.3 Å². The standard InChI is InChI=1S/C24H26N2O4S/c27-24-15-21(22-13-19-7-4-8-20(19)14-23(22)30-24)16-25-9-11-26(12-10-25)31(28,29)17-18-5-2-1-3-6-18/h1-3,5-6,13-15H,4,7-12,16-17H2. The van der Waals surface area contributed by atoms with E-state index in [0.717, 1.165) is 35.8 Å². The van der Waals surface area contributed by atoms with E-state index < -0.39 is 10.0 Å². The lowest BCUT2D eigenvalue weighted by Crippen LogP contribution is -2.48. The molecule has 0 saturated carbocycles. The Morgan fingerprint density at radius 1 is 0.903 bits per heavy atom. The number of hydrogen-bond donors (Lipinski definition) is 0. The van der Waals surface area contributed by atoms with E-state index >= 15 is 0 Å². The van der Waals surface area contributed by atoms with Crippen molar-refractivity contribution in [1.29, 1.82) is 0 Å². The molecule has 31 heavy (non-hydrogen) atoms. The second-order valence-electron chi connectivity index (χ2n) is 8.48. The van der Waals surface area contributed by atoms with Crippen molar-refractivity contribution >= 4 is 21.0 Å². The van der Waals surface area contributed by atoms with Crippen molar-refractivity contribution in [3.8, 4) is 0 Å². The van der Waals surface area contributed by atoms with Gasteiger partial charge in [-0.2, -0.15) is 4.31 Å². The van der Waals surface area contributed by atoms with Crippen molar-refractivity contribution in [3.05, 3.63) is 81.2 Å². The molecule has 2 aromatic carbocycles. The fraction of sp³-hybridized carbons (Fsp3) is 0.375. The SMILES string of the molecule is O=c1cc(CN2CCN(S(=O)(=O)Cc3ccccc3)CC2)c2cc3c(cc2o1)CCC3. The predicted octanol–water partition coefficient (Wildman–Crippen LogP) is 2.93. The van der Waals surface area contributed by atoms with Gasteiger partial charge in [-0.05, 0) is 53.6 Å². The van der Waals surface area contributed by atoms with Crippen LogP contribution in [0.25, 0.3) is 11.0 Å². The lowest BCUT2D eigenvalue weighted by molar-refractivity contribution is 0.182. The van der Waals surface area contributed by atoms with Gasteiger partial charge in [-0.3, -0.25) is 4.90 Å². The Labute approximate surface area is 182 Å². The minimum atomic E-state index is -3.34. The second kappa shape index (κ2) is 8.22. The summed E-state index contributed by atoms with van der Waals surface area (Å²) in [4.78, 5) is 14.3. The van der Waals surface area contributed by atoms with Gasteiger partial charge < -0.3 is 4.42 Å². The van der Waals surface area contributed by atoms with Crippen LogP contribution in [0.4, 0.5) is 0 Å². The van der Waals surface area contributed by atoms with Crippen LogP contribution < -0.4 is 5.63 Å². The monoisotopic (exact) mass is 438 g/mol. The Kier molecular flexibility index (Phi) is 5.42. The first-order valence-electron chi connectivity index (χ1n) is 10.8. The summed E-state index contributed by atoms with van der Waals surface area (Å²) >= 11 is 0. The molecule has 2 aliphatic rings. The fourth-order valence-corrected chi connectivity index (χ4v) is 6.22. The minimum Gasteiger partial charge on any atom is -0.423 e. The highest BCUT2D eigenvalue weighted by atomic mass is 32.2. The average molecular weight is 439 g/mol. The van der Waals surface area contributed by atoms with E-state index in [9.17, 15) is 13.2 Å². The van der Waals surface area contributed by atoms with Gasteiger partial charge in [0.1, 0.15) is 5.58 Å². The van der Waals surface area contributed by atoms with Crippen LogP contribution in [0.1, 0.15) is 28.7 Å². The average Bonchev–Trinajstić information content (AvgIpc) is 3.20. The third kappa shape index (κ3) is 4.31.